The molecule has 3 aromatic rings. The number of carboxylic acids is 2. The third-order valence-electron chi connectivity index (χ3n) is 6.36. The summed E-state index contributed by atoms with van der Waals surface area (Å²) >= 11 is 0. The van der Waals surface area contributed by atoms with Crippen LogP contribution >= 0.6 is 0 Å². The molecule has 2 N–H and O–H groups in total. The standard InChI is InChI=1S/C19H25N7O.2C2HF3O2/c1-23-13-17-21-22-18(16-4-3-9-27-16)26(17)19(14-23)5-7-25(8-6-19)12-15-10-20-24(2)11-15;2*3-2(4,5)1(6)7/h3-4,9-11H,5-8,12-14H2,1-2H3;2*(H,6,7). The van der Waals surface area contributed by atoms with Crippen LogP contribution in [0.5, 0.6) is 0 Å². The Kier molecular flexibility index (Phi) is 9.47. The van der Waals surface area contributed by atoms with E-state index in [0.717, 1.165) is 63.0 Å². The molecule has 41 heavy (non-hydrogen) atoms. The highest BCUT2D eigenvalue weighted by Crippen LogP contribution is 2.39. The van der Waals surface area contributed by atoms with Gasteiger partial charge in [-0.25, -0.2) is 9.59 Å². The topological polar surface area (TPSA) is 143 Å². The number of nitrogens with zero attached hydrogens (tertiary/aromatic N) is 7. The molecular weight excluding hydrogens is 568 g/mol. The first-order valence-electron chi connectivity index (χ1n) is 12.0. The predicted octanol–water partition coefficient (Wildman–Crippen LogP) is 2.97. The first-order chi connectivity index (χ1) is 19.0. The van der Waals surface area contributed by atoms with E-state index in [1.54, 1.807) is 6.26 Å². The van der Waals surface area contributed by atoms with Crippen molar-refractivity contribution in [1.29, 1.82) is 0 Å². The summed E-state index contributed by atoms with van der Waals surface area (Å²) in [7, 11) is 4.14. The number of likely N-dealkylation sites (N-methyl/N-ethyl adjacent to an activating group) is 1. The third kappa shape index (κ3) is 8.06. The van der Waals surface area contributed by atoms with E-state index in [2.05, 4.69) is 42.9 Å². The van der Waals surface area contributed by atoms with Gasteiger partial charge in [0.15, 0.2) is 11.6 Å². The summed E-state index contributed by atoms with van der Waals surface area (Å²) in [4.78, 5) is 22.7. The fraction of sp³-hybridized carbons (Fsp3) is 0.522. The number of furan rings is 1. The van der Waals surface area contributed by atoms with E-state index in [1.165, 1.54) is 5.56 Å². The molecular formula is C23H27F6N7O5. The van der Waals surface area contributed by atoms with Gasteiger partial charge < -0.3 is 14.6 Å². The second-order valence-corrected chi connectivity index (χ2v) is 9.55. The Morgan fingerprint density at radius 2 is 1.61 bits per heavy atom. The first-order valence-corrected chi connectivity index (χ1v) is 12.0. The summed E-state index contributed by atoms with van der Waals surface area (Å²) in [5.74, 6) is -2.81. The number of likely N-dealkylation sites (tertiary alicyclic amines) is 1. The average Bonchev–Trinajstić information content (AvgIpc) is 3.61. The molecule has 2 aliphatic rings. The minimum atomic E-state index is -5.08. The van der Waals surface area contributed by atoms with Gasteiger partial charge in [0.1, 0.15) is 5.82 Å². The van der Waals surface area contributed by atoms with Crippen LogP contribution in [0.1, 0.15) is 24.2 Å². The van der Waals surface area contributed by atoms with Crippen molar-refractivity contribution >= 4 is 11.9 Å². The Morgan fingerprint density at radius 1 is 1.02 bits per heavy atom. The smallest absolute Gasteiger partial charge is 0.475 e. The number of hydrogen-bond acceptors (Lipinski definition) is 8. The van der Waals surface area contributed by atoms with Gasteiger partial charge in [-0.2, -0.15) is 31.4 Å². The predicted molar refractivity (Wildman–Crippen MR) is 127 cm³/mol. The molecule has 2 aliphatic heterocycles. The van der Waals surface area contributed by atoms with Gasteiger partial charge in [0.2, 0.25) is 0 Å². The molecule has 1 saturated heterocycles. The fourth-order valence-corrected chi connectivity index (χ4v) is 4.67. The summed E-state index contributed by atoms with van der Waals surface area (Å²) in [6.45, 7) is 4.91. The van der Waals surface area contributed by atoms with E-state index >= 15 is 0 Å². The van der Waals surface area contributed by atoms with Crippen LogP contribution in [0.15, 0.2) is 35.2 Å². The SMILES string of the molecule is CN1Cc2nnc(-c3ccco3)n2C2(CCN(Cc3cnn(C)c3)CC2)C1.O=C(O)C(F)(F)F.O=C(O)C(F)(F)F. The number of aromatic nitrogens is 5. The summed E-state index contributed by atoms with van der Waals surface area (Å²) < 4.78 is 73.4. The molecule has 0 radical (unpaired) electrons. The molecule has 0 unspecified atom stereocenters. The quantitative estimate of drug-likeness (QED) is 0.434. The number of fused-ring (bicyclic) bond motifs is 2. The van der Waals surface area contributed by atoms with Crippen molar-refractivity contribution in [2.45, 2.75) is 43.8 Å². The molecule has 0 amide bonds. The van der Waals surface area contributed by atoms with Gasteiger partial charge >= 0.3 is 24.3 Å². The zero-order chi connectivity index (χ0) is 30.6. The highest BCUT2D eigenvalue weighted by atomic mass is 19.4. The van der Waals surface area contributed by atoms with E-state index in [0.29, 0.717) is 0 Å². The molecule has 18 heteroatoms. The Bertz CT molecular complexity index is 1290. The highest BCUT2D eigenvalue weighted by molar-refractivity contribution is 5.73. The highest BCUT2D eigenvalue weighted by Gasteiger charge is 2.44. The van der Waals surface area contributed by atoms with Crippen LogP contribution in [0.4, 0.5) is 26.3 Å². The number of alkyl halides is 6. The lowest BCUT2D eigenvalue weighted by Gasteiger charge is -2.48. The van der Waals surface area contributed by atoms with Gasteiger partial charge in [0.25, 0.3) is 0 Å². The molecule has 0 bridgehead atoms. The maximum Gasteiger partial charge on any atom is 0.490 e. The van der Waals surface area contributed by atoms with Crippen LogP contribution < -0.4 is 0 Å². The number of piperidine rings is 1. The molecule has 0 aromatic carbocycles. The maximum atomic E-state index is 10.6. The van der Waals surface area contributed by atoms with E-state index in [-0.39, 0.29) is 5.54 Å². The van der Waals surface area contributed by atoms with Crippen LogP contribution in [-0.2, 0) is 35.3 Å². The van der Waals surface area contributed by atoms with E-state index in [4.69, 9.17) is 24.2 Å². The summed E-state index contributed by atoms with van der Waals surface area (Å²) in [6.07, 6.45) is -2.24. The fourth-order valence-electron chi connectivity index (χ4n) is 4.67. The van der Waals surface area contributed by atoms with Crippen molar-refractivity contribution in [3.8, 4) is 11.6 Å². The number of aryl methyl sites for hydroxylation is 1. The zero-order valence-electron chi connectivity index (χ0n) is 21.9. The van der Waals surface area contributed by atoms with Gasteiger partial charge in [-0.15, -0.1) is 10.2 Å². The molecule has 0 atom stereocenters. The van der Waals surface area contributed by atoms with Crippen LogP contribution in [0, 0.1) is 0 Å². The maximum absolute atomic E-state index is 10.6. The van der Waals surface area contributed by atoms with Crippen molar-refractivity contribution in [2.24, 2.45) is 7.05 Å². The number of carboxylic acid groups (broad SMARTS) is 2. The Hall–Kier alpha value is -3.93. The second-order valence-electron chi connectivity index (χ2n) is 9.55. The molecule has 226 valence electrons. The van der Waals surface area contributed by atoms with Crippen LogP contribution in [0.2, 0.25) is 0 Å². The second kappa shape index (κ2) is 12.3. The van der Waals surface area contributed by atoms with Crippen molar-refractivity contribution in [2.75, 3.05) is 26.7 Å². The number of rotatable bonds is 3. The van der Waals surface area contributed by atoms with Gasteiger partial charge in [0, 0.05) is 45.0 Å². The van der Waals surface area contributed by atoms with Gasteiger partial charge in [0.05, 0.1) is 24.5 Å². The normalized spacial score (nSPS) is 17.2. The van der Waals surface area contributed by atoms with Crippen molar-refractivity contribution in [3.05, 3.63) is 42.2 Å². The Morgan fingerprint density at radius 3 is 2.07 bits per heavy atom. The van der Waals surface area contributed by atoms with Crippen molar-refractivity contribution in [3.63, 3.8) is 0 Å². The van der Waals surface area contributed by atoms with Gasteiger partial charge in [-0.05, 0) is 32.0 Å². The lowest BCUT2D eigenvalue weighted by Crippen LogP contribution is -2.55. The largest absolute Gasteiger partial charge is 0.490 e. The number of halogens is 6. The molecule has 1 spiro atoms. The Labute approximate surface area is 228 Å². The van der Waals surface area contributed by atoms with Crippen LogP contribution in [-0.4, -0.2) is 95.5 Å². The monoisotopic (exact) mass is 595 g/mol. The lowest BCUT2D eigenvalue weighted by molar-refractivity contribution is -0.193. The van der Waals surface area contributed by atoms with Crippen molar-refractivity contribution in [1.82, 2.24) is 34.3 Å². The average molecular weight is 596 g/mol. The summed E-state index contributed by atoms with van der Waals surface area (Å²) in [5.41, 5.74) is 1.30. The first kappa shape index (κ1) is 31.6. The Balaban J connectivity index is 0.000000276. The van der Waals surface area contributed by atoms with Gasteiger partial charge in [-0.3, -0.25) is 19.0 Å². The molecule has 0 saturated carbocycles. The van der Waals surface area contributed by atoms with E-state index in [9.17, 15) is 26.3 Å². The third-order valence-corrected chi connectivity index (χ3v) is 6.36. The molecule has 1 fully saturated rings. The van der Waals surface area contributed by atoms with E-state index < -0.39 is 24.3 Å². The lowest BCUT2D eigenvalue weighted by atomic mass is 9.84. The minimum Gasteiger partial charge on any atom is -0.475 e. The molecule has 5 heterocycles. The summed E-state index contributed by atoms with van der Waals surface area (Å²) in [5, 5.41) is 27.5. The number of aliphatic carboxylic acids is 2. The van der Waals surface area contributed by atoms with Crippen LogP contribution in [0.25, 0.3) is 11.6 Å². The molecule has 3 aromatic heterocycles. The van der Waals surface area contributed by atoms with Gasteiger partial charge in [-0.1, -0.05) is 0 Å². The molecule has 12 nitrogen and oxygen atoms in total. The number of hydrogen-bond donors (Lipinski definition) is 2. The van der Waals surface area contributed by atoms with E-state index in [1.807, 2.05) is 30.1 Å². The van der Waals surface area contributed by atoms with Crippen LogP contribution in [0.3, 0.4) is 0 Å². The zero-order valence-corrected chi connectivity index (χ0v) is 21.9. The minimum absolute atomic E-state index is 0.0272. The molecule has 0 aliphatic carbocycles. The number of carbonyl (C=O) groups is 2. The molecule has 5 rings (SSSR count). The van der Waals surface area contributed by atoms with Crippen molar-refractivity contribution < 1.29 is 50.6 Å². The summed E-state index contributed by atoms with van der Waals surface area (Å²) in [6, 6.07) is 3.88.